The predicted octanol–water partition coefficient (Wildman–Crippen LogP) is 5.07. The molecule has 3 aromatic rings. The number of hydrogen-bond donors (Lipinski definition) is 1. The number of aliphatic hydroxyl groups is 1. The number of benzene rings is 2. The molecule has 35 heavy (non-hydrogen) atoms. The Balaban J connectivity index is 2.01. The molecule has 0 saturated carbocycles. The van der Waals surface area contributed by atoms with Crippen LogP contribution in [0, 0.1) is 13.8 Å². The van der Waals surface area contributed by atoms with Crippen LogP contribution in [0.1, 0.15) is 27.7 Å². The molecule has 1 fully saturated rings. The van der Waals surface area contributed by atoms with Crippen molar-refractivity contribution in [3.8, 4) is 17.2 Å². The molecule has 1 unspecified atom stereocenters. The maximum atomic E-state index is 13.4. The highest BCUT2D eigenvalue weighted by atomic mass is 35.5. The minimum Gasteiger partial charge on any atom is -0.507 e. The highest BCUT2D eigenvalue weighted by molar-refractivity contribution is 7.16. The fourth-order valence-corrected chi connectivity index (χ4v) is 5.17. The normalized spacial score (nSPS) is 17.1. The average Bonchev–Trinajstić information content (AvgIpc) is 3.32. The van der Waals surface area contributed by atoms with Crippen molar-refractivity contribution in [1.82, 2.24) is 4.98 Å². The number of amides is 1. The van der Waals surface area contributed by atoms with Crippen molar-refractivity contribution in [1.29, 1.82) is 0 Å². The summed E-state index contributed by atoms with van der Waals surface area (Å²) < 4.78 is 16.2. The Hall–Kier alpha value is -3.56. The molecule has 10 heteroatoms. The molecule has 0 bridgehead atoms. The summed E-state index contributed by atoms with van der Waals surface area (Å²) in [7, 11) is 4.43. The zero-order valence-corrected chi connectivity index (χ0v) is 21.3. The number of ether oxygens (including phenoxy) is 3. The van der Waals surface area contributed by atoms with Gasteiger partial charge in [0, 0.05) is 16.0 Å². The van der Waals surface area contributed by atoms with Gasteiger partial charge in [0.15, 0.2) is 16.6 Å². The van der Waals surface area contributed by atoms with Crippen LogP contribution in [0.25, 0.3) is 5.76 Å². The SMILES string of the molecule is COc1ccc(/C(O)=C2\C(=O)C(=O)N(c3nc(C)c(C)s3)C2c2cccc(OC)c2OC)cc1Cl. The minimum atomic E-state index is -1.02. The molecule has 1 atom stereocenters. The van der Waals surface area contributed by atoms with Gasteiger partial charge in [-0.15, -0.1) is 11.3 Å². The number of anilines is 1. The van der Waals surface area contributed by atoms with E-state index < -0.39 is 17.7 Å². The topological polar surface area (TPSA) is 98.2 Å². The first-order chi connectivity index (χ1) is 16.7. The number of Topliss-reactive ketones (excluding diaryl/α,β-unsaturated/α-hetero) is 1. The predicted molar refractivity (Wildman–Crippen MR) is 134 cm³/mol. The molecular weight excluding hydrogens is 492 g/mol. The van der Waals surface area contributed by atoms with Gasteiger partial charge in [0.2, 0.25) is 0 Å². The van der Waals surface area contributed by atoms with Crippen LogP contribution in [0.15, 0.2) is 42.0 Å². The third-order valence-corrected chi connectivity index (χ3v) is 7.19. The number of carbonyl (C=O) groups is 2. The van der Waals surface area contributed by atoms with Crippen molar-refractivity contribution in [2.75, 3.05) is 26.2 Å². The molecule has 1 saturated heterocycles. The quantitative estimate of drug-likeness (QED) is 0.279. The number of aromatic nitrogens is 1. The van der Waals surface area contributed by atoms with E-state index >= 15 is 0 Å². The molecule has 4 rings (SSSR count). The van der Waals surface area contributed by atoms with Crippen molar-refractivity contribution in [2.24, 2.45) is 0 Å². The maximum Gasteiger partial charge on any atom is 0.301 e. The second kappa shape index (κ2) is 9.59. The van der Waals surface area contributed by atoms with Crippen LogP contribution >= 0.6 is 22.9 Å². The van der Waals surface area contributed by atoms with Crippen molar-refractivity contribution in [2.45, 2.75) is 19.9 Å². The summed E-state index contributed by atoms with van der Waals surface area (Å²) in [6.07, 6.45) is 0. The Kier molecular flexibility index (Phi) is 6.73. The lowest BCUT2D eigenvalue weighted by molar-refractivity contribution is -0.132. The zero-order valence-electron chi connectivity index (χ0n) is 19.7. The first-order valence-electron chi connectivity index (χ1n) is 10.5. The molecule has 0 spiro atoms. The third kappa shape index (κ3) is 4.11. The average molecular weight is 515 g/mol. The zero-order chi connectivity index (χ0) is 25.4. The Labute approximate surface area is 211 Å². The van der Waals surface area contributed by atoms with E-state index in [1.807, 2.05) is 13.8 Å². The van der Waals surface area contributed by atoms with Crippen LogP contribution in [0.2, 0.25) is 5.02 Å². The van der Waals surface area contributed by atoms with E-state index in [4.69, 9.17) is 25.8 Å². The number of rotatable bonds is 6. The summed E-state index contributed by atoms with van der Waals surface area (Å²) in [4.78, 5) is 33.4. The number of aryl methyl sites for hydroxylation is 2. The van der Waals surface area contributed by atoms with Gasteiger partial charge in [0.05, 0.1) is 37.6 Å². The van der Waals surface area contributed by atoms with E-state index in [-0.39, 0.29) is 21.9 Å². The van der Waals surface area contributed by atoms with Gasteiger partial charge in [0.25, 0.3) is 5.78 Å². The van der Waals surface area contributed by atoms with E-state index in [0.29, 0.717) is 27.9 Å². The molecule has 1 aromatic heterocycles. The van der Waals surface area contributed by atoms with E-state index in [0.717, 1.165) is 10.6 Å². The van der Waals surface area contributed by atoms with Gasteiger partial charge < -0.3 is 19.3 Å². The Morgan fingerprint density at radius 3 is 2.34 bits per heavy atom. The van der Waals surface area contributed by atoms with Crippen LogP contribution in [0.5, 0.6) is 17.2 Å². The van der Waals surface area contributed by atoms with E-state index in [1.54, 1.807) is 30.3 Å². The summed E-state index contributed by atoms with van der Waals surface area (Å²) >= 11 is 7.55. The number of thiazole rings is 1. The molecule has 0 radical (unpaired) electrons. The number of ketones is 1. The lowest BCUT2D eigenvalue weighted by atomic mass is 9.94. The largest absolute Gasteiger partial charge is 0.507 e. The first-order valence-corrected chi connectivity index (χ1v) is 11.7. The van der Waals surface area contributed by atoms with Gasteiger partial charge in [0.1, 0.15) is 17.6 Å². The van der Waals surface area contributed by atoms with Crippen molar-refractivity contribution < 1.29 is 28.9 Å². The third-order valence-electron chi connectivity index (χ3n) is 5.82. The second-order valence-electron chi connectivity index (χ2n) is 7.74. The molecule has 1 aliphatic heterocycles. The lowest BCUT2D eigenvalue weighted by Crippen LogP contribution is -2.29. The molecule has 182 valence electrons. The van der Waals surface area contributed by atoms with Crippen LogP contribution in [0.3, 0.4) is 0 Å². The molecule has 2 heterocycles. The fraction of sp³-hybridized carbons (Fsp3) is 0.240. The van der Waals surface area contributed by atoms with Crippen molar-refractivity contribution >= 4 is 45.5 Å². The fourth-order valence-electron chi connectivity index (χ4n) is 3.98. The maximum absolute atomic E-state index is 13.4. The van der Waals surface area contributed by atoms with Gasteiger partial charge in [-0.25, -0.2) is 4.98 Å². The monoisotopic (exact) mass is 514 g/mol. The molecule has 0 aliphatic carbocycles. The van der Waals surface area contributed by atoms with Crippen LogP contribution < -0.4 is 19.1 Å². The standard InChI is InChI=1S/C25H23ClN2O6S/c1-12-13(2)35-25(27-12)28-20(15-7-6-8-18(33-4)23(15)34-5)19(22(30)24(28)31)21(29)14-9-10-17(32-3)16(26)11-14/h6-11,20,29H,1-5H3/b21-19+. The number of methoxy groups -OCH3 is 3. The minimum absolute atomic E-state index is 0.117. The van der Waals surface area contributed by atoms with Crippen molar-refractivity contribution in [3.05, 3.63) is 68.7 Å². The summed E-state index contributed by atoms with van der Waals surface area (Å²) in [5.41, 5.74) is 1.34. The molecule has 1 amide bonds. The van der Waals surface area contributed by atoms with Crippen LogP contribution in [0.4, 0.5) is 5.13 Å². The highest BCUT2D eigenvalue weighted by Gasteiger charge is 2.49. The van der Waals surface area contributed by atoms with Gasteiger partial charge in [-0.3, -0.25) is 14.5 Å². The highest BCUT2D eigenvalue weighted by Crippen LogP contribution is 2.48. The Morgan fingerprint density at radius 2 is 1.77 bits per heavy atom. The van der Waals surface area contributed by atoms with Gasteiger partial charge in [-0.05, 0) is 38.1 Å². The number of halogens is 1. The van der Waals surface area contributed by atoms with E-state index in [9.17, 15) is 14.7 Å². The number of para-hydroxylation sites is 1. The molecule has 1 N–H and O–H groups in total. The summed E-state index contributed by atoms with van der Waals surface area (Å²) in [5, 5.41) is 11.9. The Bertz CT molecular complexity index is 1350. The molecule has 2 aromatic carbocycles. The number of aliphatic hydroxyl groups excluding tert-OH is 1. The smallest absolute Gasteiger partial charge is 0.301 e. The number of carbonyl (C=O) groups excluding carboxylic acids is 2. The molecule has 8 nitrogen and oxygen atoms in total. The first kappa shape index (κ1) is 24.6. The lowest BCUT2D eigenvalue weighted by Gasteiger charge is -2.25. The number of nitrogens with zero attached hydrogens (tertiary/aromatic N) is 2. The Morgan fingerprint density at radius 1 is 1.06 bits per heavy atom. The summed E-state index contributed by atoms with van der Waals surface area (Å²) in [6, 6.07) is 8.72. The van der Waals surface area contributed by atoms with E-state index in [2.05, 4.69) is 4.98 Å². The van der Waals surface area contributed by atoms with Crippen LogP contribution in [-0.4, -0.2) is 43.1 Å². The second-order valence-corrected chi connectivity index (χ2v) is 9.33. The van der Waals surface area contributed by atoms with Gasteiger partial charge in [-0.2, -0.15) is 0 Å². The van der Waals surface area contributed by atoms with Gasteiger partial charge >= 0.3 is 5.91 Å². The van der Waals surface area contributed by atoms with Crippen LogP contribution in [-0.2, 0) is 9.59 Å². The molecule has 1 aliphatic rings. The van der Waals surface area contributed by atoms with Gasteiger partial charge in [-0.1, -0.05) is 23.7 Å². The van der Waals surface area contributed by atoms with E-state index in [1.165, 1.54) is 43.6 Å². The summed E-state index contributed by atoms with van der Waals surface area (Å²) in [6.45, 7) is 3.71. The number of hydrogen-bond acceptors (Lipinski definition) is 8. The summed E-state index contributed by atoms with van der Waals surface area (Å²) in [5.74, 6) is -0.895. The molecular formula is C25H23ClN2O6S. The van der Waals surface area contributed by atoms with Crippen molar-refractivity contribution in [3.63, 3.8) is 0 Å².